The number of ether oxygens (including phenoxy) is 1. The van der Waals surface area contributed by atoms with Gasteiger partial charge in [0.2, 0.25) is 5.91 Å². The predicted molar refractivity (Wildman–Crippen MR) is 91.3 cm³/mol. The van der Waals surface area contributed by atoms with Crippen LogP contribution in [-0.2, 0) is 14.3 Å². The minimum atomic E-state index is -0.657. The molecule has 0 atom stereocenters. The Hall–Kier alpha value is -2.66. The van der Waals surface area contributed by atoms with Crippen LogP contribution in [0.25, 0.3) is 0 Å². The van der Waals surface area contributed by atoms with Gasteiger partial charge < -0.3 is 10.1 Å². The molecular formula is C18H16ClNO4. The van der Waals surface area contributed by atoms with E-state index in [4.69, 9.17) is 11.6 Å². The van der Waals surface area contributed by atoms with Crippen LogP contribution in [0.5, 0.6) is 0 Å². The number of carbonyl (C=O) groups excluding carboxylic acids is 3. The highest BCUT2D eigenvalue weighted by molar-refractivity contribution is 6.31. The third kappa shape index (κ3) is 4.20. The SMILES string of the molecule is COC(=O)CC(=O)Nc1c(C)cc(Cl)cc1C(=O)c1ccccc1. The Morgan fingerprint density at radius 3 is 2.42 bits per heavy atom. The van der Waals surface area contributed by atoms with Gasteiger partial charge in [0.05, 0.1) is 12.8 Å². The smallest absolute Gasteiger partial charge is 0.315 e. The lowest BCUT2D eigenvalue weighted by Gasteiger charge is -2.14. The Balaban J connectivity index is 2.39. The predicted octanol–water partition coefficient (Wildman–Crippen LogP) is 3.38. The summed E-state index contributed by atoms with van der Waals surface area (Å²) in [5.74, 6) is -1.49. The maximum Gasteiger partial charge on any atom is 0.315 e. The van der Waals surface area contributed by atoms with E-state index in [2.05, 4.69) is 10.1 Å². The zero-order valence-electron chi connectivity index (χ0n) is 13.3. The molecule has 0 aromatic heterocycles. The van der Waals surface area contributed by atoms with E-state index in [-0.39, 0.29) is 11.3 Å². The molecule has 0 saturated heterocycles. The molecule has 2 rings (SSSR count). The fourth-order valence-electron chi connectivity index (χ4n) is 2.22. The number of benzene rings is 2. The molecule has 0 aliphatic heterocycles. The zero-order valence-corrected chi connectivity index (χ0v) is 14.0. The van der Waals surface area contributed by atoms with Gasteiger partial charge in [0.15, 0.2) is 5.78 Å². The molecule has 0 bridgehead atoms. The Labute approximate surface area is 144 Å². The number of hydrogen-bond acceptors (Lipinski definition) is 4. The first-order valence-electron chi connectivity index (χ1n) is 7.19. The molecule has 0 spiro atoms. The molecule has 0 radical (unpaired) electrons. The van der Waals surface area contributed by atoms with E-state index in [1.165, 1.54) is 13.2 Å². The number of methoxy groups -OCH3 is 1. The highest BCUT2D eigenvalue weighted by Gasteiger charge is 2.19. The minimum absolute atomic E-state index is 0.268. The number of anilines is 1. The van der Waals surface area contributed by atoms with E-state index in [0.717, 1.165) is 0 Å². The van der Waals surface area contributed by atoms with Crippen molar-refractivity contribution in [1.82, 2.24) is 0 Å². The van der Waals surface area contributed by atoms with Crippen LogP contribution in [0, 0.1) is 6.92 Å². The largest absolute Gasteiger partial charge is 0.469 e. The first-order chi connectivity index (χ1) is 11.4. The van der Waals surface area contributed by atoms with E-state index < -0.39 is 18.3 Å². The van der Waals surface area contributed by atoms with Crippen LogP contribution in [0.4, 0.5) is 5.69 Å². The van der Waals surface area contributed by atoms with E-state index in [1.54, 1.807) is 43.3 Å². The van der Waals surface area contributed by atoms with Gasteiger partial charge >= 0.3 is 5.97 Å². The first kappa shape index (κ1) is 17.7. The Kier molecular flexibility index (Phi) is 5.71. The fourth-order valence-corrected chi connectivity index (χ4v) is 2.49. The number of esters is 1. The van der Waals surface area contributed by atoms with Crippen molar-refractivity contribution in [3.63, 3.8) is 0 Å². The van der Waals surface area contributed by atoms with Gasteiger partial charge in [-0.15, -0.1) is 0 Å². The monoisotopic (exact) mass is 345 g/mol. The van der Waals surface area contributed by atoms with Gasteiger partial charge in [-0.1, -0.05) is 41.9 Å². The molecule has 0 saturated carbocycles. The van der Waals surface area contributed by atoms with Crippen LogP contribution in [0.15, 0.2) is 42.5 Å². The lowest BCUT2D eigenvalue weighted by Crippen LogP contribution is -2.20. The number of nitrogens with one attached hydrogen (secondary N) is 1. The number of rotatable bonds is 5. The van der Waals surface area contributed by atoms with Gasteiger partial charge in [0, 0.05) is 16.1 Å². The van der Waals surface area contributed by atoms with Crippen molar-refractivity contribution in [2.75, 3.05) is 12.4 Å². The topological polar surface area (TPSA) is 72.5 Å². The fraction of sp³-hybridized carbons (Fsp3) is 0.167. The van der Waals surface area contributed by atoms with Gasteiger partial charge in [0.25, 0.3) is 0 Å². The van der Waals surface area contributed by atoms with Crippen molar-refractivity contribution in [2.45, 2.75) is 13.3 Å². The summed E-state index contributed by atoms with van der Waals surface area (Å²) in [5, 5.41) is 2.99. The molecule has 2 aromatic carbocycles. The zero-order chi connectivity index (χ0) is 17.7. The van der Waals surface area contributed by atoms with Crippen LogP contribution in [0.1, 0.15) is 27.9 Å². The number of ketones is 1. The van der Waals surface area contributed by atoms with Crippen molar-refractivity contribution >= 4 is 34.9 Å². The van der Waals surface area contributed by atoms with Gasteiger partial charge in [-0.3, -0.25) is 14.4 Å². The average molecular weight is 346 g/mol. The number of aryl methyl sites for hydroxylation is 1. The third-order valence-corrected chi connectivity index (χ3v) is 3.60. The molecule has 2 aromatic rings. The average Bonchev–Trinajstić information content (AvgIpc) is 2.57. The van der Waals surface area contributed by atoms with Crippen molar-refractivity contribution in [3.8, 4) is 0 Å². The molecule has 24 heavy (non-hydrogen) atoms. The van der Waals surface area contributed by atoms with Crippen molar-refractivity contribution in [2.24, 2.45) is 0 Å². The van der Waals surface area contributed by atoms with Crippen molar-refractivity contribution in [3.05, 3.63) is 64.2 Å². The van der Waals surface area contributed by atoms with Crippen LogP contribution in [0.3, 0.4) is 0 Å². The summed E-state index contributed by atoms with van der Waals surface area (Å²) in [4.78, 5) is 35.9. The normalized spacial score (nSPS) is 10.1. The van der Waals surface area contributed by atoms with Crippen LogP contribution >= 0.6 is 11.6 Å². The Morgan fingerprint density at radius 2 is 1.79 bits per heavy atom. The molecule has 1 N–H and O–H groups in total. The van der Waals surface area contributed by atoms with Crippen molar-refractivity contribution in [1.29, 1.82) is 0 Å². The standard InChI is InChI=1S/C18H16ClNO4/c1-11-8-13(19)9-14(18(23)12-6-4-3-5-7-12)17(11)20-15(21)10-16(22)24-2/h3-9H,10H2,1-2H3,(H,20,21). The highest BCUT2D eigenvalue weighted by atomic mass is 35.5. The van der Waals surface area contributed by atoms with E-state index >= 15 is 0 Å². The minimum Gasteiger partial charge on any atom is -0.469 e. The third-order valence-electron chi connectivity index (χ3n) is 3.38. The summed E-state index contributed by atoms with van der Waals surface area (Å²) in [5.41, 5.74) is 1.70. The lowest BCUT2D eigenvalue weighted by molar-refractivity contribution is -0.142. The quantitative estimate of drug-likeness (QED) is 0.512. The molecule has 0 unspecified atom stereocenters. The maximum atomic E-state index is 12.7. The molecule has 0 heterocycles. The maximum absolute atomic E-state index is 12.7. The molecule has 0 aliphatic rings. The summed E-state index contributed by atoms with van der Waals surface area (Å²) < 4.78 is 4.47. The summed E-state index contributed by atoms with van der Waals surface area (Å²) in [7, 11) is 1.20. The Morgan fingerprint density at radius 1 is 1.12 bits per heavy atom. The summed E-state index contributed by atoms with van der Waals surface area (Å²) >= 11 is 6.06. The van der Waals surface area contributed by atoms with Crippen LogP contribution in [-0.4, -0.2) is 24.8 Å². The number of amides is 1. The van der Waals surface area contributed by atoms with Crippen LogP contribution in [0.2, 0.25) is 5.02 Å². The second-order valence-electron chi connectivity index (χ2n) is 5.14. The van der Waals surface area contributed by atoms with E-state index in [9.17, 15) is 14.4 Å². The van der Waals surface area contributed by atoms with Crippen LogP contribution < -0.4 is 5.32 Å². The summed E-state index contributed by atoms with van der Waals surface area (Å²) in [6.07, 6.45) is -0.433. The van der Waals surface area contributed by atoms with Gasteiger partial charge in [-0.2, -0.15) is 0 Å². The highest BCUT2D eigenvalue weighted by Crippen LogP contribution is 2.28. The Bertz CT molecular complexity index is 787. The van der Waals surface area contributed by atoms with Gasteiger partial charge in [-0.25, -0.2) is 0 Å². The summed E-state index contributed by atoms with van der Waals surface area (Å²) in [6, 6.07) is 11.8. The second-order valence-corrected chi connectivity index (χ2v) is 5.58. The van der Waals surface area contributed by atoms with Gasteiger partial charge in [-0.05, 0) is 24.6 Å². The summed E-state index contributed by atoms with van der Waals surface area (Å²) in [6.45, 7) is 1.72. The number of hydrogen-bond donors (Lipinski definition) is 1. The lowest BCUT2D eigenvalue weighted by atomic mass is 9.99. The molecule has 0 aliphatic carbocycles. The van der Waals surface area contributed by atoms with E-state index in [1.807, 2.05) is 0 Å². The second kappa shape index (κ2) is 7.75. The molecule has 124 valence electrons. The van der Waals surface area contributed by atoms with Gasteiger partial charge in [0.1, 0.15) is 6.42 Å². The number of halogens is 1. The van der Waals surface area contributed by atoms with E-state index in [0.29, 0.717) is 21.8 Å². The molecule has 0 fully saturated rings. The number of carbonyl (C=O) groups is 3. The molecular weight excluding hydrogens is 330 g/mol. The first-order valence-corrected chi connectivity index (χ1v) is 7.56. The molecule has 5 nitrogen and oxygen atoms in total. The molecule has 6 heteroatoms. The van der Waals surface area contributed by atoms with Crippen molar-refractivity contribution < 1.29 is 19.1 Å². The molecule has 1 amide bonds.